The predicted octanol–water partition coefficient (Wildman–Crippen LogP) is 3.31. The molecule has 0 aliphatic heterocycles. The van der Waals surface area contributed by atoms with Gasteiger partial charge in [-0.2, -0.15) is 0 Å². The molecule has 1 aromatic rings. The molecule has 1 N–H and O–H groups in total. The highest BCUT2D eigenvalue weighted by molar-refractivity contribution is 6.29. The Kier molecular flexibility index (Phi) is 5.96. The monoisotopic (exact) mass is 282 g/mol. The van der Waals surface area contributed by atoms with Crippen LogP contribution in [0, 0.1) is 0 Å². The van der Waals surface area contributed by atoms with E-state index in [1.165, 1.54) is 6.08 Å². The first-order valence-corrected chi connectivity index (χ1v) is 6.04. The van der Waals surface area contributed by atoms with Crippen LogP contribution in [0.1, 0.15) is 12.5 Å². The zero-order valence-electron chi connectivity index (χ0n) is 10.6. The van der Waals surface area contributed by atoms with Crippen molar-refractivity contribution in [1.82, 2.24) is 0 Å². The molecule has 0 aromatic heterocycles. The van der Waals surface area contributed by atoms with Crippen LogP contribution >= 0.6 is 11.6 Å². The third kappa shape index (κ3) is 5.48. The fourth-order valence-electron chi connectivity index (χ4n) is 1.34. The lowest BCUT2D eigenvalue weighted by Crippen LogP contribution is -2.00. The number of halogens is 1. The van der Waals surface area contributed by atoms with Crippen LogP contribution in [0.15, 0.2) is 35.9 Å². The maximum Gasteiger partial charge on any atom is 0.328 e. The highest BCUT2D eigenvalue weighted by Gasteiger charge is 2.06. The van der Waals surface area contributed by atoms with Gasteiger partial charge in [-0.25, -0.2) is 4.79 Å². The smallest absolute Gasteiger partial charge is 0.328 e. The summed E-state index contributed by atoms with van der Waals surface area (Å²) in [5, 5.41) is 8.97. The van der Waals surface area contributed by atoms with Gasteiger partial charge in [0.1, 0.15) is 6.61 Å². The fourth-order valence-corrected chi connectivity index (χ4v) is 1.39. The van der Waals surface area contributed by atoms with Crippen molar-refractivity contribution >= 4 is 23.6 Å². The highest BCUT2D eigenvalue weighted by atomic mass is 35.5. The van der Waals surface area contributed by atoms with Crippen molar-refractivity contribution in [2.45, 2.75) is 6.92 Å². The minimum Gasteiger partial charge on any atom is -0.490 e. The standard InChI is InChI=1S/C14H15ClO4/c1-3-18-13-8-11(5-7-14(16)17)4-6-12(13)19-9-10(2)15/h4-8H,2-3,9H2,1H3,(H,16,17)/b7-5+. The van der Waals surface area contributed by atoms with Crippen LogP contribution in [0.2, 0.25) is 0 Å². The Morgan fingerprint density at radius 2 is 2.16 bits per heavy atom. The van der Waals surface area contributed by atoms with Crippen molar-refractivity contribution < 1.29 is 19.4 Å². The number of aliphatic carboxylic acids is 1. The van der Waals surface area contributed by atoms with E-state index in [1.54, 1.807) is 18.2 Å². The maximum absolute atomic E-state index is 10.5. The number of carboxylic acid groups (broad SMARTS) is 1. The van der Waals surface area contributed by atoms with Crippen LogP contribution in [-0.4, -0.2) is 24.3 Å². The molecule has 1 aromatic carbocycles. The predicted molar refractivity (Wildman–Crippen MR) is 74.8 cm³/mol. The molecule has 0 fully saturated rings. The Hall–Kier alpha value is -1.94. The van der Waals surface area contributed by atoms with E-state index in [4.69, 9.17) is 26.2 Å². The van der Waals surface area contributed by atoms with E-state index in [2.05, 4.69) is 6.58 Å². The molecule has 0 saturated carbocycles. The second kappa shape index (κ2) is 7.48. The van der Waals surface area contributed by atoms with Crippen LogP contribution in [0.25, 0.3) is 6.08 Å². The van der Waals surface area contributed by atoms with Gasteiger partial charge in [0.15, 0.2) is 11.5 Å². The molecule has 0 radical (unpaired) electrons. The van der Waals surface area contributed by atoms with Gasteiger partial charge in [0.25, 0.3) is 0 Å². The summed E-state index contributed by atoms with van der Waals surface area (Å²) in [6, 6.07) is 5.13. The third-order valence-electron chi connectivity index (χ3n) is 2.07. The van der Waals surface area contributed by atoms with E-state index in [9.17, 15) is 4.79 Å². The van der Waals surface area contributed by atoms with Gasteiger partial charge >= 0.3 is 5.97 Å². The second-order valence-electron chi connectivity index (χ2n) is 3.62. The first kappa shape index (κ1) is 15.1. The SMILES string of the molecule is C=C(Cl)COc1ccc(/C=C/C(=O)O)cc1OCC. The first-order chi connectivity index (χ1) is 9.02. The van der Waals surface area contributed by atoms with Gasteiger partial charge in [0.2, 0.25) is 0 Å². The lowest BCUT2D eigenvalue weighted by Gasteiger charge is -2.12. The number of carboxylic acids is 1. The molecule has 0 heterocycles. The average Bonchev–Trinajstić information content (AvgIpc) is 2.35. The molecule has 19 heavy (non-hydrogen) atoms. The number of hydrogen-bond acceptors (Lipinski definition) is 3. The van der Waals surface area contributed by atoms with Crippen LogP contribution < -0.4 is 9.47 Å². The van der Waals surface area contributed by atoms with Crippen LogP contribution in [-0.2, 0) is 4.79 Å². The topological polar surface area (TPSA) is 55.8 Å². The van der Waals surface area contributed by atoms with Crippen molar-refractivity contribution in [2.24, 2.45) is 0 Å². The van der Waals surface area contributed by atoms with Gasteiger partial charge in [-0.05, 0) is 30.7 Å². The third-order valence-corrected chi connectivity index (χ3v) is 2.18. The molecular weight excluding hydrogens is 268 g/mol. The number of carbonyl (C=O) groups is 1. The molecule has 0 aliphatic carbocycles. The number of ether oxygens (including phenoxy) is 2. The van der Waals surface area contributed by atoms with Crippen molar-refractivity contribution in [3.8, 4) is 11.5 Å². The minimum absolute atomic E-state index is 0.186. The van der Waals surface area contributed by atoms with E-state index in [0.29, 0.717) is 28.7 Å². The minimum atomic E-state index is -1.00. The molecule has 0 aliphatic rings. The average molecular weight is 283 g/mol. The van der Waals surface area contributed by atoms with Crippen molar-refractivity contribution in [1.29, 1.82) is 0 Å². The van der Waals surface area contributed by atoms with Crippen molar-refractivity contribution in [3.05, 3.63) is 41.4 Å². The summed E-state index contributed by atoms with van der Waals surface area (Å²) in [5.74, 6) is 0.0702. The molecule has 0 atom stereocenters. The molecule has 102 valence electrons. The molecule has 0 amide bonds. The van der Waals surface area contributed by atoms with Crippen molar-refractivity contribution in [3.63, 3.8) is 0 Å². The highest BCUT2D eigenvalue weighted by Crippen LogP contribution is 2.29. The normalized spacial score (nSPS) is 10.4. The maximum atomic E-state index is 10.5. The number of hydrogen-bond donors (Lipinski definition) is 1. The summed E-state index contributed by atoms with van der Waals surface area (Å²) >= 11 is 5.64. The van der Waals surface area contributed by atoms with Crippen LogP contribution in [0.5, 0.6) is 11.5 Å². The summed E-state index contributed by atoms with van der Waals surface area (Å²) in [7, 11) is 0. The quantitative estimate of drug-likeness (QED) is 0.780. The molecule has 0 bridgehead atoms. The molecule has 0 saturated heterocycles. The van der Waals surface area contributed by atoms with Gasteiger partial charge in [0.05, 0.1) is 6.61 Å². The Bertz CT molecular complexity index is 494. The fraction of sp³-hybridized carbons (Fsp3) is 0.214. The van der Waals surface area contributed by atoms with Gasteiger partial charge in [-0.3, -0.25) is 0 Å². The summed E-state index contributed by atoms with van der Waals surface area (Å²) in [6.45, 7) is 6.05. The molecule has 1 rings (SSSR count). The number of rotatable bonds is 7. The van der Waals surface area contributed by atoms with E-state index in [-0.39, 0.29) is 6.61 Å². The van der Waals surface area contributed by atoms with Gasteiger partial charge in [0, 0.05) is 11.1 Å². The lowest BCUT2D eigenvalue weighted by molar-refractivity contribution is -0.131. The molecule has 5 heteroatoms. The van der Waals surface area contributed by atoms with E-state index in [1.807, 2.05) is 6.92 Å². The van der Waals surface area contributed by atoms with Gasteiger partial charge in [-0.1, -0.05) is 24.2 Å². The zero-order chi connectivity index (χ0) is 14.3. The molecule has 4 nitrogen and oxygen atoms in total. The van der Waals surface area contributed by atoms with Gasteiger partial charge in [-0.15, -0.1) is 0 Å². The summed E-state index contributed by atoms with van der Waals surface area (Å²) in [6.07, 6.45) is 2.54. The second-order valence-corrected chi connectivity index (χ2v) is 4.15. The summed E-state index contributed by atoms with van der Waals surface area (Å²) in [5.41, 5.74) is 0.711. The Morgan fingerprint density at radius 1 is 1.42 bits per heavy atom. The molecule has 0 unspecified atom stereocenters. The molecular formula is C14H15ClO4. The summed E-state index contributed by atoms with van der Waals surface area (Å²) < 4.78 is 10.9. The zero-order valence-corrected chi connectivity index (χ0v) is 11.3. The number of benzene rings is 1. The molecule has 0 spiro atoms. The first-order valence-electron chi connectivity index (χ1n) is 5.67. The van der Waals surface area contributed by atoms with Gasteiger partial charge < -0.3 is 14.6 Å². The Morgan fingerprint density at radius 3 is 2.74 bits per heavy atom. The van der Waals surface area contributed by atoms with Crippen LogP contribution in [0.4, 0.5) is 0 Å². The van der Waals surface area contributed by atoms with E-state index >= 15 is 0 Å². The van der Waals surface area contributed by atoms with E-state index < -0.39 is 5.97 Å². The summed E-state index contributed by atoms with van der Waals surface area (Å²) in [4.78, 5) is 10.5. The Balaban J connectivity index is 2.93. The van der Waals surface area contributed by atoms with Crippen molar-refractivity contribution in [2.75, 3.05) is 13.2 Å². The van der Waals surface area contributed by atoms with Crippen LogP contribution in [0.3, 0.4) is 0 Å². The largest absolute Gasteiger partial charge is 0.490 e. The lowest BCUT2D eigenvalue weighted by atomic mass is 10.2. The Labute approximate surface area is 116 Å². The van der Waals surface area contributed by atoms with E-state index in [0.717, 1.165) is 6.08 Å².